The molecule has 2 unspecified atom stereocenters. The number of nitrogens with zero attached hydrogens (tertiary/aromatic N) is 1. The van der Waals surface area contributed by atoms with Crippen LogP contribution in [0.3, 0.4) is 0 Å². The standard InChI is InChI=1S/C12H16ClIN2/c1-8-7-16(5-4-11(8)15)12-3-2-9(14)6-10(12)13/h2-3,6,8,11H,4-5,7,15H2,1H3. The Hall–Kier alpha value is -0.000000000000000132. The van der Waals surface area contributed by atoms with Crippen LogP contribution in [0.2, 0.25) is 5.02 Å². The summed E-state index contributed by atoms with van der Waals surface area (Å²) in [5.74, 6) is 0.532. The van der Waals surface area contributed by atoms with E-state index in [0.29, 0.717) is 12.0 Å². The second-order valence-corrected chi connectivity index (χ2v) is 6.12. The van der Waals surface area contributed by atoms with Crippen molar-refractivity contribution in [1.29, 1.82) is 0 Å². The van der Waals surface area contributed by atoms with Crippen LogP contribution in [0, 0.1) is 9.49 Å². The van der Waals surface area contributed by atoms with Crippen molar-refractivity contribution < 1.29 is 0 Å². The maximum absolute atomic E-state index is 6.27. The van der Waals surface area contributed by atoms with E-state index < -0.39 is 0 Å². The van der Waals surface area contributed by atoms with Crippen LogP contribution >= 0.6 is 34.2 Å². The molecule has 0 aliphatic carbocycles. The molecular weight excluding hydrogens is 335 g/mol. The van der Waals surface area contributed by atoms with Crippen molar-refractivity contribution in [2.45, 2.75) is 19.4 Å². The van der Waals surface area contributed by atoms with Crippen LogP contribution in [0.1, 0.15) is 13.3 Å². The van der Waals surface area contributed by atoms with Gasteiger partial charge in [-0.2, -0.15) is 0 Å². The summed E-state index contributed by atoms with van der Waals surface area (Å²) < 4.78 is 1.17. The Kier molecular flexibility index (Phi) is 3.97. The highest BCUT2D eigenvalue weighted by Gasteiger charge is 2.24. The fourth-order valence-electron chi connectivity index (χ4n) is 2.12. The van der Waals surface area contributed by atoms with Gasteiger partial charge < -0.3 is 10.6 Å². The number of hydrogen-bond donors (Lipinski definition) is 1. The van der Waals surface area contributed by atoms with Crippen molar-refractivity contribution >= 4 is 39.9 Å². The zero-order valence-corrected chi connectivity index (χ0v) is 12.2. The molecule has 1 saturated heterocycles. The Labute approximate surface area is 115 Å². The number of anilines is 1. The van der Waals surface area contributed by atoms with E-state index in [2.05, 4.69) is 46.5 Å². The lowest BCUT2D eigenvalue weighted by Crippen LogP contribution is -2.46. The molecule has 2 rings (SSSR count). The van der Waals surface area contributed by atoms with E-state index in [9.17, 15) is 0 Å². The van der Waals surface area contributed by atoms with Gasteiger partial charge in [-0.25, -0.2) is 0 Å². The first-order chi connectivity index (χ1) is 7.58. The van der Waals surface area contributed by atoms with Gasteiger partial charge in [-0.1, -0.05) is 18.5 Å². The van der Waals surface area contributed by atoms with Crippen LogP contribution in [0.5, 0.6) is 0 Å². The molecule has 1 aliphatic rings. The summed E-state index contributed by atoms with van der Waals surface area (Å²) in [7, 11) is 0. The van der Waals surface area contributed by atoms with E-state index in [-0.39, 0.29) is 0 Å². The van der Waals surface area contributed by atoms with Gasteiger partial charge >= 0.3 is 0 Å². The zero-order valence-electron chi connectivity index (χ0n) is 9.29. The summed E-state index contributed by atoms with van der Waals surface area (Å²) >= 11 is 8.55. The molecular formula is C12H16ClIN2. The smallest absolute Gasteiger partial charge is 0.0650 e. The number of piperidine rings is 1. The Morgan fingerprint density at radius 1 is 1.50 bits per heavy atom. The van der Waals surface area contributed by atoms with Gasteiger partial charge in [0, 0.05) is 22.7 Å². The van der Waals surface area contributed by atoms with Gasteiger partial charge in [0.05, 0.1) is 10.7 Å². The first kappa shape index (κ1) is 12.5. The van der Waals surface area contributed by atoms with Crippen molar-refractivity contribution in [1.82, 2.24) is 0 Å². The fraction of sp³-hybridized carbons (Fsp3) is 0.500. The molecule has 4 heteroatoms. The first-order valence-electron chi connectivity index (χ1n) is 5.53. The Balaban J connectivity index is 2.18. The Bertz CT molecular complexity index is 383. The molecule has 1 aromatic carbocycles. The third-order valence-corrected chi connectivity index (χ3v) is 4.20. The maximum Gasteiger partial charge on any atom is 0.0650 e. The van der Waals surface area contributed by atoms with E-state index >= 15 is 0 Å². The quantitative estimate of drug-likeness (QED) is 0.789. The lowest BCUT2D eigenvalue weighted by Gasteiger charge is -2.37. The van der Waals surface area contributed by atoms with Crippen molar-refractivity contribution in [3.8, 4) is 0 Å². The minimum atomic E-state index is 0.332. The van der Waals surface area contributed by atoms with Crippen LogP contribution in [0.25, 0.3) is 0 Å². The van der Waals surface area contributed by atoms with Gasteiger partial charge in [-0.15, -0.1) is 0 Å². The highest BCUT2D eigenvalue weighted by Crippen LogP contribution is 2.30. The molecule has 2 nitrogen and oxygen atoms in total. The highest BCUT2D eigenvalue weighted by atomic mass is 127. The molecule has 1 aliphatic heterocycles. The molecule has 0 radical (unpaired) electrons. The lowest BCUT2D eigenvalue weighted by molar-refractivity contribution is 0.383. The molecule has 0 saturated carbocycles. The average molecular weight is 351 g/mol. The monoisotopic (exact) mass is 350 g/mol. The predicted molar refractivity (Wildman–Crippen MR) is 78.1 cm³/mol. The van der Waals surface area contributed by atoms with Crippen LogP contribution in [-0.2, 0) is 0 Å². The molecule has 2 N–H and O–H groups in total. The summed E-state index contributed by atoms with van der Waals surface area (Å²) in [6.07, 6.45) is 1.05. The van der Waals surface area contributed by atoms with Crippen molar-refractivity contribution in [2.75, 3.05) is 18.0 Å². The number of hydrogen-bond acceptors (Lipinski definition) is 2. The predicted octanol–water partition coefficient (Wildman–Crippen LogP) is 3.12. The van der Waals surface area contributed by atoms with E-state index in [4.69, 9.17) is 17.3 Å². The van der Waals surface area contributed by atoms with E-state index in [1.54, 1.807) is 0 Å². The first-order valence-corrected chi connectivity index (χ1v) is 6.99. The van der Waals surface area contributed by atoms with Crippen LogP contribution < -0.4 is 10.6 Å². The second-order valence-electron chi connectivity index (χ2n) is 4.47. The van der Waals surface area contributed by atoms with Gasteiger partial charge in [0.1, 0.15) is 0 Å². The third-order valence-electron chi connectivity index (χ3n) is 3.22. The fourth-order valence-corrected chi connectivity index (χ4v) is 3.10. The normalized spacial score (nSPS) is 25.9. The van der Waals surface area contributed by atoms with Crippen LogP contribution in [0.4, 0.5) is 5.69 Å². The summed E-state index contributed by atoms with van der Waals surface area (Å²) in [4.78, 5) is 2.34. The highest BCUT2D eigenvalue weighted by molar-refractivity contribution is 14.1. The lowest BCUT2D eigenvalue weighted by atomic mass is 9.94. The molecule has 0 bridgehead atoms. The average Bonchev–Trinajstić information content (AvgIpc) is 2.22. The molecule has 0 spiro atoms. The Morgan fingerprint density at radius 2 is 2.25 bits per heavy atom. The van der Waals surface area contributed by atoms with Crippen molar-refractivity contribution in [3.63, 3.8) is 0 Å². The summed E-state index contributed by atoms with van der Waals surface area (Å²) in [6.45, 7) is 4.21. The molecule has 1 heterocycles. The van der Waals surface area contributed by atoms with E-state index in [1.165, 1.54) is 3.57 Å². The second kappa shape index (κ2) is 5.10. The van der Waals surface area contributed by atoms with Gasteiger partial charge in [-0.3, -0.25) is 0 Å². The molecule has 1 fully saturated rings. The summed E-state index contributed by atoms with van der Waals surface area (Å²) in [5, 5.41) is 0.842. The van der Waals surface area contributed by atoms with Gasteiger partial charge in [0.2, 0.25) is 0 Å². The van der Waals surface area contributed by atoms with Gasteiger partial charge in [-0.05, 0) is 53.1 Å². The van der Waals surface area contributed by atoms with Gasteiger partial charge in [0.15, 0.2) is 0 Å². The topological polar surface area (TPSA) is 29.3 Å². The zero-order chi connectivity index (χ0) is 11.7. The SMILES string of the molecule is CC1CN(c2ccc(I)cc2Cl)CCC1N. The van der Waals surface area contributed by atoms with E-state index in [1.807, 2.05) is 6.07 Å². The minimum absolute atomic E-state index is 0.332. The maximum atomic E-state index is 6.27. The molecule has 2 atom stereocenters. The number of halogens is 2. The summed E-state index contributed by atoms with van der Waals surface area (Å²) in [5.41, 5.74) is 7.16. The summed E-state index contributed by atoms with van der Waals surface area (Å²) in [6, 6.07) is 6.55. The number of nitrogens with two attached hydrogens (primary N) is 1. The van der Waals surface area contributed by atoms with Gasteiger partial charge in [0.25, 0.3) is 0 Å². The molecule has 0 amide bonds. The Morgan fingerprint density at radius 3 is 2.88 bits per heavy atom. The molecule has 88 valence electrons. The minimum Gasteiger partial charge on any atom is -0.370 e. The van der Waals surface area contributed by atoms with Crippen LogP contribution in [0.15, 0.2) is 18.2 Å². The van der Waals surface area contributed by atoms with Crippen molar-refractivity contribution in [3.05, 3.63) is 26.8 Å². The largest absolute Gasteiger partial charge is 0.370 e. The number of benzene rings is 1. The van der Waals surface area contributed by atoms with Crippen molar-refractivity contribution in [2.24, 2.45) is 11.7 Å². The molecule has 0 aromatic heterocycles. The van der Waals surface area contributed by atoms with E-state index in [0.717, 1.165) is 30.2 Å². The molecule has 16 heavy (non-hydrogen) atoms. The number of rotatable bonds is 1. The van der Waals surface area contributed by atoms with Crippen LogP contribution in [-0.4, -0.2) is 19.1 Å². The molecule has 1 aromatic rings. The third kappa shape index (κ3) is 2.63.